The number of benzene rings is 5. The van der Waals surface area contributed by atoms with E-state index in [1.807, 2.05) is 0 Å². The summed E-state index contributed by atoms with van der Waals surface area (Å²) in [4.78, 5) is 0. The molecule has 0 saturated heterocycles. The molecule has 0 saturated carbocycles. The van der Waals surface area contributed by atoms with Crippen molar-refractivity contribution in [3.63, 3.8) is 0 Å². The van der Waals surface area contributed by atoms with Gasteiger partial charge in [-0.15, -0.1) is 0 Å². The molecule has 0 atom stereocenters. The minimum Gasteiger partial charge on any atom is -0.0616 e. The lowest BCUT2D eigenvalue weighted by Crippen LogP contribution is -1.85. The van der Waals surface area contributed by atoms with Crippen molar-refractivity contribution < 1.29 is 0 Å². The summed E-state index contributed by atoms with van der Waals surface area (Å²) >= 11 is 0. The third-order valence-corrected chi connectivity index (χ3v) is 6.64. The number of aryl methyl sites for hydroxylation is 2. The SMILES string of the molecule is Cc1ccc2c(c1)-c1ccc3c4c(c5ccccc5c-2c14)-c1cc(C)ccc1-3. The molecule has 0 spiro atoms. The minimum absolute atomic E-state index is 1.32. The van der Waals surface area contributed by atoms with Crippen molar-refractivity contribution in [1.82, 2.24) is 0 Å². The smallest absolute Gasteiger partial charge is 0.000741 e. The molecule has 0 amide bonds. The Morgan fingerprint density at radius 3 is 1.61 bits per heavy atom. The summed E-state index contributed by atoms with van der Waals surface area (Å²) in [7, 11) is 0. The fourth-order valence-electron chi connectivity index (χ4n) is 5.52. The Morgan fingerprint density at radius 1 is 0.429 bits per heavy atom. The first-order chi connectivity index (χ1) is 13.7. The molecule has 0 heterocycles. The number of hydrogen-bond acceptors (Lipinski definition) is 0. The van der Waals surface area contributed by atoms with E-state index in [2.05, 4.69) is 86.6 Å². The summed E-state index contributed by atoms with van der Waals surface area (Å²) < 4.78 is 0. The molecule has 0 fully saturated rings. The van der Waals surface area contributed by atoms with Crippen LogP contribution in [0.2, 0.25) is 0 Å². The van der Waals surface area contributed by atoms with Gasteiger partial charge in [0.25, 0.3) is 0 Å². The molecular formula is C28H18. The lowest BCUT2D eigenvalue weighted by molar-refractivity contribution is 1.48. The van der Waals surface area contributed by atoms with E-state index in [1.165, 1.54) is 77.2 Å². The predicted molar refractivity (Wildman–Crippen MR) is 120 cm³/mol. The molecular weight excluding hydrogens is 336 g/mol. The van der Waals surface area contributed by atoms with Gasteiger partial charge in [0, 0.05) is 0 Å². The number of fused-ring (bicyclic) bond motifs is 9. The van der Waals surface area contributed by atoms with Crippen LogP contribution < -0.4 is 0 Å². The Bertz CT molecular complexity index is 1520. The molecule has 0 radical (unpaired) electrons. The van der Waals surface area contributed by atoms with Crippen molar-refractivity contribution >= 4 is 21.5 Å². The van der Waals surface area contributed by atoms with Gasteiger partial charge in [0.05, 0.1) is 0 Å². The summed E-state index contributed by atoms with van der Waals surface area (Å²) in [6.07, 6.45) is 0. The zero-order valence-electron chi connectivity index (χ0n) is 15.9. The first-order valence-electron chi connectivity index (χ1n) is 9.96. The van der Waals surface area contributed by atoms with E-state index < -0.39 is 0 Å². The van der Waals surface area contributed by atoms with Crippen LogP contribution in [0.1, 0.15) is 11.1 Å². The molecule has 0 N–H and O–H groups in total. The van der Waals surface area contributed by atoms with Crippen molar-refractivity contribution in [3.8, 4) is 44.5 Å². The maximum atomic E-state index is 2.37. The highest BCUT2D eigenvalue weighted by atomic mass is 14.3. The first-order valence-corrected chi connectivity index (χ1v) is 9.96. The third-order valence-electron chi connectivity index (χ3n) is 6.64. The topological polar surface area (TPSA) is 0 Å². The van der Waals surface area contributed by atoms with Gasteiger partial charge in [0.1, 0.15) is 0 Å². The molecule has 2 aliphatic rings. The second kappa shape index (κ2) is 4.72. The maximum Gasteiger partial charge on any atom is -0.000741 e. The van der Waals surface area contributed by atoms with E-state index in [0.29, 0.717) is 0 Å². The van der Waals surface area contributed by atoms with Crippen molar-refractivity contribution in [2.75, 3.05) is 0 Å². The molecule has 0 heteroatoms. The van der Waals surface area contributed by atoms with Crippen molar-refractivity contribution in [1.29, 1.82) is 0 Å². The van der Waals surface area contributed by atoms with Crippen LogP contribution in [-0.2, 0) is 0 Å². The second-order valence-corrected chi connectivity index (χ2v) is 8.30. The molecule has 0 aromatic heterocycles. The molecule has 0 bridgehead atoms. The van der Waals surface area contributed by atoms with Gasteiger partial charge in [-0.2, -0.15) is 0 Å². The maximum absolute atomic E-state index is 2.37. The summed E-state index contributed by atoms with van der Waals surface area (Å²) in [6.45, 7) is 4.38. The van der Waals surface area contributed by atoms with Gasteiger partial charge in [-0.1, -0.05) is 83.9 Å². The molecule has 130 valence electrons. The van der Waals surface area contributed by atoms with Crippen LogP contribution in [-0.4, -0.2) is 0 Å². The van der Waals surface area contributed by atoms with Crippen LogP contribution in [0.4, 0.5) is 0 Å². The predicted octanol–water partition coefficient (Wildman–Crippen LogP) is 7.90. The second-order valence-electron chi connectivity index (χ2n) is 8.30. The normalized spacial score (nSPS) is 12.6. The Hall–Kier alpha value is -3.38. The molecule has 0 aliphatic heterocycles. The van der Waals surface area contributed by atoms with E-state index in [0.717, 1.165) is 0 Å². The fraction of sp³-hybridized carbons (Fsp3) is 0.0714. The van der Waals surface area contributed by atoms with E-state index in [-0.39, 0.29) is 0 Å². The lowest BCUT2D eigenvalue weighted by Gasteiger charge is -2.12. The highest BCUT2D eigenvalue weighted by molar-refractivity contribution is 6.34. The van der Waals surface area contributed by atoms with Gasteiger partial charge < -0.3 is 0 Å². The quantitative estimate of drug-likeness (QED) is 0.243. The molecule has 5 aromatic rings. The fourth-order valence-corrected chi connectivity index (χ4v) is 5.52. The zero-order valence-corrected chi connectivity index (χ0v) is 15.9. The first kappa shape index (κ1) is 14.6. The highest BCUT2D eigenvalue weighted by Crippen LogP contribution is 2.59. The van der Waals surface area contributed by atoms with E-state index in [9.17, 15) is 0 Å². The highest BCUT2D eigenvalue weighted by Gasteiger charge is 2.31. The lowest BCUT2D eigenvalue weighted by atomic mass is 9.90. The van der Waals surface area contributed by atoms with Crippen molar-refractivity contribution in [2.24, 2.45) is 0 Å². The summed E-state index contributed by atoms with van der Waals surface area (Å²) in [5.41, 5.74) is 13.8. The van der Waals surface area contributed by atoms with Crippen LogP contribution in [0.3, 0.4) is 0 Å². The Morgan fingerprint density at radius 2 is 0.929 bits per heavy atom. The minimum atomic E-state index is 1.32. The molecule has 5 aromatic carbocycles. The summed E-state index contributed by atoms with van der Waals surface area (Å²) in [5.74, 6) is 0. The third kappa shape index (κ3) is 1.55. The Labute approximate surface area is 164 Å². The van der Waals surface area contributed by atoms with Gasteiger partial charge in [-0.05, 0) is 79.9 Å². The number of hydrogen-bond donors (Lipinski definition) is 0. The summed E-state index contributed by atoms with van der Waals surface area (Å²) in [6, 6.07) is 27.5. The van der Waals surface area contributed by atoms with Gasteiger partial charge in [-0.3, -0.25) is 0 Å². The van der Waals surface area contributed by atoms with Gasteiger partial charge in [0.2, 0.25) is 0 Å². The molecule has 0 nitrogen and oxygen atoms in total. The van der Waals surface area contributed by atoms with Crippen molar-refractivity contribution in [2.45, 2.75) is 13.8 Å². The zero-order chi connectivity index (χ0) is 18.6. The Balaban J connectivity index is 1.81. The standard InChI is InChI=1S/C28H18/c1-15-8-10-21-23(13-15)22-12-11-20-17-9-7-16(2)14-24(17)26-19-6-4-3-5-18(19)25(21)28(22)27(20)26/h3-14H,1-2H3. The van der Waals surface area contributed by atoms with E-state index >= 15 is 0 Å². The van der Waals surface area contributed by atoms with Gasteiger partial charge >= 0.3 is 0 Å². The van der Waals surface area contributed by atoms with Crippen LogP contribution in [0.15, 0.2) is 72.8 Å². The average molecular weight is 354 g/mol. The van der Waals surface area contributed by atoms with Crippen LogP contribution in [0, 0.1) is 13.8 Å². The molecule has 7 rings (SSSR count). The van der Waals surface area contributed by atoms with Gasteiger partial charge in [0.15, 0.2) is 0 Å². The van der Waals surface area contributed by atoms with E-state index in [4.69, 9.17) is 0 Å². The van der Waals surface area contributed by atoms with Crippen LogP contribution in [0.25, 0.3) is 66.1 Å². The Kier molecular flexibility index (Phi) is 2.47. The van der Waals surface area contributed by atoms with Crippen molar-refractivity contribution in [3.05, 3.63) is 83.9 Å². The monoisotopic (exact) mass is 354 g/mol. The van der Waals surface area contributed by atoms with E-state index in [1.54, 1.807) is 0 Å². The van der Waals surface area contributed by atoms with Crippen LogP contribution in [0.5, 0.6) is 0 Å². The van der Waals surface area contributed by atoms with Crippen LogP contribution >= 0.6 is 0 Å². The molecule has 28 heavy (non-hydrogen) atoms. The van der Waals surface area contributed by atoms with Gasteiger partial charge in [-0.25, -0.2) is 0 Å². The largest absolute Gasteiger partial charge is 0.0616 e. The summed E-state index contributed by atoms with van der Waals surface area (Å²) in [5, 5.41) is 5.64. The molecule has 2 aliphatic carbocycles. The molecule has 0 unspecified atom stereocenters. The number of rotatable bonds is 0. The average Bonchev–Trinajstić information content (AvgIpc) is 3.20.